The van der Waals surface area contributed by atoms with E-state index in [1.54, 1.807) is 29.8 Å². The highest BCUT2D eigenvalue weighted by atomic mass is 35.5. The van der Waals surface area contributed by atoms with Gasteiger partial charge in [0, 0.05) is 42.9 Å². The van der Waals surface area contributed by atoms with Crippen molar-refractivity contribution in [1.82, 2.24) is 29.8 Å². The van der Waals surface area contributed by atoms with Crippen LogP contribution in [-0.2, 0) is 0 Å². The Morgan fingerprint density at radius 1 is 1.24 bits per heavy atom. The predicted molar refractivity (Wildman–Crippen MR) is 143 cm³/mol. The number of hydrogen-bond donors (Lipinski definition) is 2. The van der Waals surface area contributed by atoms with Crippen LogP contribution in [0.15, 0.2) is 42.6 Å². The molecule has 1 atom stereocenters. The molecule has 12 nitrogen and oxygen atoms in total. The van der Waals surface area contributed by atoms with E-state index in [4.69, 9.17) is 20.8 Å². The number of amides is 1. The average molecular weight is 535 g/mol. The van der Waals surface area contributed by atoms with Gasteiger partial charge in [-0.3, -0.25) is 4.79 Å². The first kappa shape index (κ1) is 26.6. The second-order valence-electron chi connectivity index (χ2n) is 9.53. The van der Waals surface area contributed by atoms with E-state index in [1.165, 1.54) is 6.20 Å². The van der Waals surface area contributed by atoms with Crippen molar-refractivity contribution in [3.05, 3.63) is 53.9 Å². The van der Waals surface area contributed by atoms with Gasteiger partial charge in [0.05, 0.1) is 18.4 Å². The second-order valence-corrected chi connectivity index (χ2v) is 9.53. The molecular formula is C25H27ClN10O2. The Labute approximate surface area is 225 Å². The van der Waals surface area contributed by atoms with Crippen molar-refractivity contribution in [3.8, 4) is 23.3 Å². The van der Waals surface area contributed by atoms with E-state index in [2.05, 4.69) is 44.2 Å². The van der Waals surface area contributed by atoms with Crippen molar-refractivity contribution in [3.63, 3.8) is 0 Å². The highest BCUT2D eigenvalue weighted by Crippen LogP contribution is 2.34. The van der Waals surface area contributed by atoms with Gasteiger partial charge in [0.15, 0.2) is 17.2 Å². The van der Waals surface area contributed by atoms with E-state index in [9.17, 15) is 4.79 Å². The van der Waals surface area contributed by atoms with E-state index in [0.29, 0.717) is 41.8 Å². The van der Waals surface area contributed by atoms with Gasteiger partial charge in [-0.25, -0.2) is 9.97 Å². The van der Waals surface area contributed by atoms with Crippen molar-refractivity contribution >= 4 is 35.6 Å². The minimum Gasteiger partial charge on any atom is -0.481 e. The first-order chi connectivity index (χ1) is 17.8. The topological polar surface area (TPSA) is 160 Å². The number of primary amides is 1. The SMILES string of the molecule is COc1cccc(-c2cc3ncc(C(N)=O)c(N[C@@H]4CCN(c5ccc(C#N)nn5)CC4(C)C)n3n2)n1.Cl. The molecule has 1 amide bonds. The molecule has 1 aliphatic heterocycles. The summed E-state index contributed by atoms with van der Waals surface area (Å²) in [5.74, 6) is 1.07. The molecule has 196 valence electrons. The lowest BCUT2D eigenvalue weighted by Gasteiger charge is -2.45. The van der Waals surface area contributed by atoms with Crippen LogP contribution in [0, 0.1) is 16.7 Å². The van der Waals surface area contributed by atoms with Crippen molar-refractivity contribution in [1.29, 1.82) is 5.26 Å². The standard InChI is InChI=1S/C25H26N10O2.ClH/c1-25(2)14-34(20-8-7-15(12-26)31-32-20)10-9-19(25)30-24-16(23(27)36)13-28-21-11-18(33-35(21)24)17-5-4-6-22(29-17)37-3;/h4-8,11,13,19,30H,9-10,14H2,1-3H3,(H2,27,36);1H/t19-;/m1./s1. The minimum absolute atomic E-state index is 0. The van der Waals surface area contributed by atoms with E-state index in [0.717, 1.165) is 12.2 Å². The largest absolute Gasteiger partial charge is 0.481 e. The molecule has 4 aromatic heterocycles. The third kappa shape index (κ3) is 5.01. The Bertz CT molecular complexity index is 1510. The minimum atomic E-state index is -0.600. The summed E-state index contributed by atoms with van der Waals surface area (Å²) in [6.45, 7) is 5.68. The van der Waals surface area contributed by atoms with Gasteiger partial charge in [0.1, 0.15) is 17.6 Å². The van der Waals surface area contributed by atoms with Gasteiger partial charge in [0.25, 0.3) is 5.91 Å². The van der Waals surface area contributed by atoms with Gasteiger partial charge in [-0.1, -0.05) is 19.9 Å². The number of rotatable bonds is 6. The monoisotopic (exact) mass is 534 g/mol. The van der Waals surface area contributed by atoms with Crippen LogP contribution >= 0.6 is 12.4 Å². The van der Waals surface area contributed by atoms with Crippen LogP contribution in [0.25, 0.3) is 17.0 Å². The number of anilines is 2. The third-order valence-electron chi connectivity index (χ3n) is 6.57. The molecule has 0 saturated carbocycles. The Morgan fingerprint density at radius 3 is 2.71 bits per heavy atom. The molecule has 38 heavy (non-hydrogen) atoms. The first-order valence-electron chi connectivity index (χ1n) is 11.7. The van der Waals surface area contributed by atoms with Crippen LogP contribution in [0.5, 0.6) is 5.88 Å². The zero-order valence-corrected chi connectivity index (χ0v) is 21.9. The summed E-state index contributed by atoms with van der Waals surface area (Å²) in [4.78, 5) is 23.3. The summed E-state index contributed by atoms with van der Waals surface area (Å²) in [6.07, 6.45) is 2.22. The van der Waals surface area contributed by atoms with Crippen LogP contribution in [0.2, 0.25) is 0 Å². The maximum atomic E-state index is 12.3. The number of carbonyl (C=O) groups excluding carboxylic acids is 1. The van der Waals surface area contributed by atoms with Crippen LogP contribution in [0.4, 0.5) is 11.6 Å². The van der Waals surface area contributed by atoms with E-state index in [1.807, 2.05) is 24.3 Å². The number of nitriles is 1. The van der Waals surface area contributed by atoms with Gasteiger partial charge in [0.2, 0.25) is 5.88 Å². The fourth-order valence-electron chi connectivity index (χ4n) is 4.59. The lowest BCUT2D eigenvalue weighted by molar-refractivity contribution is 0.1000. The highest BCUT2D eigenvalue weighted by Gasteiger charge is 2.37. The number of piperidine rings is 1. The quantitative estimate of drug-likeness (QED) is 0.376. The van der Waals surface area contributed by atoms with Gasteiger partial charge in [-0.2, -0.15) is 14.9 Å². The molecular weight excluding hydrogens is 508 g/mol. The van der Waals surface area contributed by atoms with Crippen LogP contribution < -0.4 is 20.7 Å². The molecule has 0 aromatic carbocycles. The summed E-state index contributed by atoms with van der Waals surface area (Å²) < 4.78 is 6.84. The van der Waals surface area contributed by atoms with Crippen LogP contribution in [-0.4, -0.2) is 61.9 Å². The average Bonchev–Trinajstić information content (AvgIpc) is 3.34. The zero-order valence-electron chi connectivity index (χ0n) is 21.1. The fourth-order valence-corrected chi connectivity index (χ4v) is 4.59. The number of nitrogens with one attached hydrogen (secondary N) is 1. The van der Waals surface area contributed by atoms with Crippen molar-refractivity contribution in [2.75, 3.05) is 30.4 Å². The van der Waals surface area contributed by atoms with Gasteiger partial charge in [-0.15, -0.1) is 22.6 Å². The maximum absolute atomic E-state index is 12.3. The number of aromatic nitrogens is 6. The molecule has 1 aliphatic rings. The fraction of sp³-hybridized carbons (Fsp3) is 0.320. The highest BCUT2D eigenvalue weighted by molar-refractivity contribution is 5.97. The first-order valence-corrected chi connectivity index (χ1v) is 11.7. The molecule has 0 spiro atoms. The summed E-state index contributed by atoms with van der Waals surface area (Å²) in [7, 11) is 1.56. The number of hydrogen-bond acceptors (Lipinski definition) is 10. The number of ether oxygens (including phenoxy) is 1. The van der Waals surface area contributed by atoms with Gasteiger partial charge >= 0.3 is 0 Å². The molecule has 0 unspecified atom stereocenters. The Hall–Kier alpha value is -4.50. The summed E-state index contributed by atoms with van der Waals surface area (Å²) in [6, 6.07) is 12.7. The second kappa shape index (κ2) is 10.5. The Kier molecular flexibility index (Phi) is 7.32. The van der Waals surface area contributed by atoms with Crippen LogP contribution in [0.1, 0.15) is 36.3 Å². The van der Waals surface area contributed by atoms with Crippen LogP contribution in [0.3, 0.4) is 0 Å². The van der Waals surface area contributed by atoms with Crippen molar-refractivity contribution < 1.29 is 9.53 Å². The molecule has 1 fully saturated rings. The Morgan fingerprint density at radius 2 is 2.05 bits per heavy atom. The smallest absolute Gasteiger partial charge is 0.254 e. The number of nitrogens with two attached hydrogens (primary N) is 1. The van der Waals surface area contributed by atoms with Gasteiger partial charge in [-0.05, 0) is 24.6 Å². The number of fused-ring (bicyclic) bond motifs is 1. The molecule has 3 N–H and O–H groups in total. The van der Waals surface area contributed by atoms with Gasteiger partial charge < -0.3 is 20.7 Å². The van der Waals surface area contributed by atoms with E-state index < -0.39 is 5.91 Å². The lowest BCUT2D eigenvalue weighted by atomic mass is 9.79. The molecule has 5 rings (SSSR count). The zero-order chi connectivity index (χ0) is 26.2. The molecule has 1 saturated heterocycles. The third-order valence-corrected chi connectivity index (χ3v) is 6.57. The maximum Gasteiger partial charge on any atom is 0.254 e. The number of methoxy groups -OCH3 is 1. The summed E-state index contributed by atoms with van der Waals surface area (Å²) in [5.41, 5.74) is 7.77. The lowest BCUT2D eigenvalue weighted by Crippen LogP contribution is -2.52. The molecule has 4 aromatic rings. The number of carbonyl (C=O) groups is 1. The van der Waals surface area contributed by atoms with Crippen molar-refractivity contribution in [2.24, 2.45) is 11.1 Å². The normalized spacial score (nSPS) is 16.4. The number of pyridine rings is 1. The molecule has 13 heteroatoms. The molecule has 0 bridgehead atoms. The summed E-state index contributed by atoms with van der Waals surface area (Å²) >= 11 is 0. The number of halogens is 1. The van der Waals surface area contributed by atoms with Crippen molar-refractivity contribution in [2.45, 2.75) is 26.3 Å². The molecule has 0 aliphatic carbocycles. The predicted octanol–water partition coefficient (Wildman–Crippen LogP) is 2.70. The Balaban J connectivity index is 0.00000336. The van der Waals surface area contributed by atoms with E-state index in [-0.39, 0.29) is 35.1 Å². The van der Waals surface area contributed by atoms with E-state index >= 15 is 0 Å². The molecule has 5 heterocycles. The summed E-state index contributed by atoms with van der Waals surface area (Å²) in [5, 5.41) is 25.4. The molecule has 0 radical (unpaired) electrons. The number of nitrogens with zero attached hydrogens (tertiary/aromatic N) is 8.